The molecule has 1 saturated carbocycles. The summed E-state index contributed by atoms with van der Waals surface area (Å²) in [5.74, 6) is -1.72. The molecule has 0 saturated heterocycles. The normalized spacial score (nSPS) is 16.1. The van der Waals surface area contributed by atoms with Crippen LogP contribution >= 0.6 is 0 Å². The molecule has 0 unspecified atom stereocenters. The molecule has 116 valence electrons. The number of amides is 1. The summed E-state index contributed by atoms with van der Waals surface area (Å²) in [7, 11) is -2.87. The lowest BCUT2D eigenvalue weighted by Gasteiger charge is -2.17. The lowest BCUT2D eigenvalue weighted by molar-refractivity contribution is -0.118. The van der Waals surface area contributed by atoms with Crippen molar-refractivity contribution in [1.29, 1.82) is 0 Å². The Morgan fingerprint density at radius 3 is 2.48 bits per heavy atom. The van der Waals surface area contributed by atoms with Crippen LogP contribution in [0.2, 0.25) is 0 Å². The van der Waals surface area contributed by atoms with Crippen molar-refractivity contribution in [2.75, 3.05) is 0 Å². The molecule has 0 aliphatic heterocycles. The van der Waals surface area contributed by atoms with Gasteiger partial charge in [-0.25, -0.2) is 21.9 Å². The zero-order chi connectivity index (χ0) is 15.6. The highest BCUT2D eigenvalue weighted by atomic mass is 32.2. The monoisotopic (exact) mass is 318 g/mol. The van der Waals surface area contributed by atoms with Crippen LogP contribution < -0.4 is 10.5 Å². The van der Waals surface area contributed by atoms with Crippen molar-refractivity contribution >= 4 is 16.8 Å². The summed E-state index contributed by atoms with van der Waals surface area (Å²) in [6, 6.07) is 2.10. The first-order chi connectivity index (χ1) is 9.84. The maximum absolute atomic E-state index is 14.2. The summed E-state index contributed by atoms with van der Waals surface area (Å²) in [6.45, 7) is -0.296. The number of carbonyl (C=O) groups is 1. The second-order valence-electron chi connectivity index (χ2n) is 5.26. The lowest BCUT2D eigenvalue weighted by Crippen LogP contribution is -2.18. The number of hydrogen-bond acceptors (Lipinski definition) is 3. The van der Waals surface area contributed by atoms with E-state index in [1.807, 2.05) is 4.72 Å². The molecular formula is C13H16F2N2O3S. The first kappa shape index (κ1) is 15.8. The van der Waals surface area contributed by atoms with Gasteiger partial charge in [-0.2, -0.15) is 0 Å². The Labute approximate surface area is 122 Å². The minimum absolute atomic E-state index is 0.0545. The van der Waals surface area contributed by atoms with E-state index in [0.717, 1.165) is 12.1 Å². The minimum atomic E-state index is -2.87. The molecule has 1 aromatic rings. The van der Waals surface area contributed by atoms with E-state index in [2.05, 4.69) is 0 Å². The zero-order valence-electron chi connectivity index (χ0n) is 11.2. The van der Waals surface area contributed by atoms with Gasteiger partial charge in [0.1, 0.15) is 11.6 Å². The maximum Gasteiger partial charge on any atom is 0.217 e. The van der Waals surface area contributed by atoms with Gasteiger partial charge in [0.2, 0.25) is 16.8 Å². The predicted molar refractivity (Wildman–Crippen MR) is 72.9 cm³/mol. The van der Waals surface area contributed by atoms with E-state index < -0.39 is 33.8 Å². The molecule has 21 heavy (non-hydrogen) atoms. The Kier molecular flexibility index (Phi) is 4.58. The van der Waals surface area contributed by atoms with Gasteiger partial charge in [-0.3, -0.25) is 4.79 Å². The molecule has 1 fully saturated rings. The van der Waals surface area contributed by atoms with Gasteiger partial charge in [0, 0.05) is 18.5 Å². The van der Waals surface area contributed by atoms with Gasteiger partial charge in [-0.05, 0) is 42.4 Å². The van der Waals surface area contributed by atoms with Crippen molar-refractivity contribution in [2.24, 2.45) is 5.73 Å². The molecule has 2 rings (SSSR count). The Bertz CT molecular complexity index is 635. The fourth-order valence-electron chi connectivity index (χ4n) is 2.45. The number of benzene rings is 1. The van der Waals surface area contributed by atoms with Gasteiger partial charge >= 0.3 is 0 Å². The summed E-state index contributed by atoms with van der Waals surface area (Å²) >= 11 is 0. The van der Waals surface area contributed by atoms with Crippen LogP contribution in [0.25, 0.3) is 0 Å². The Morgan fingerprint density at radius 1 is 1.29 bits per heavy atom. The van der Waals surface area contributed by atoms with Crippen molar-refractivity contribution in [1.82, 2.24) is 4.72 Å². The van der Waals surface area contributed by atoms with Crippen LogP contribution in [0.5, 0.6) is 0 Å². The molecule has 0 atom stereocenters. The summed E-state index contributed by atoms with van der Waals surface area (Å²) in [5.41, 5.74) is 4.75. The Morgan fingerprint density at radius 2 is 1.95 bits per heavy atom. The van der Waals surface area contributed by atoms with Crippen LogP contribution in [0.4, 0.5) is 8.78 Å². The van der Waals surface area contributed by atoms with Crippen molar-refractivity contribution in [3.8, 4) is 0 Å². The number of thiol groups is 1. The average Bonchev–Trinajstić information content (AvgIpc) is 3.18. The fraction of sp³-hybridized carbons (Fsp3) is 0.462. The molecule has 1 aliphatic carbocycles. The topological polar surface area (TPSA) is 89.3 Å². The quantitative estimate of drug-likeness (QED) is 0.652. The first-order valence-corrected chi connectivity index (χ1v) is 7.66. The van der Waals surface area contributed by atoms with Crippen LogP contribution in [0.1, 0.15) is 36.8 Å². The highest BCUT2D eigenvalue weighted by molar-refractivity contribution is 7.70. The molecule has 3 N–H and O–H groups in total. The number of primary amides is 1. The van der Waals surface area contributed by atoms with Gasteiger partial charge in [0.25, 0.3) is 0 Å². The molecule has 0 radical (unpaired) electrons. The van der Waals surface area contributed by atoms with Gasteiger partial charge in [0.05, 0.1) is 0 Å². The van der Waals surface area contributed by atoms with Gasteiger partial charge in [0.15, 0.2) is 0 Å². The molecule has 1 amide bonds. The highest BCUT2D eigenvalue weighted by Crippen LogP contribution is 2.52. The lowest BCUT2D eigenvalue weighted by atomic mass is 9.89. The first-order valence-electron chi connectivity index (χ1n) is 6.49. The number of carbonyl (C=O) groups excluding carboxylic acids is 1. The molecule has 1 aliphatic rings. The summed E-state index contributed by atoms with van der Waals surface area (Å²) in [6.07, 6.45) is 1.88. The third-order valence-electron chi connectivity index (χ3n) is 3.81. The van der Waals surface area contributed by atoms with Crippen LogP contribution in [-0.4, -0.2) is 14.3 Å². The largest absolute Gasteiger partial charge is 0.370 e. The number of rotatable bonds is 7. The third kappa shape index (κ3) is 3.76. The van der Waals surface area contributed by atoms with Crippen LogP contribution in [0.3, 0.4) is 0 Å². The van der Waals surface area contributed by atoms with Crippen molar-refractivity contribution in [2.45, 2.75) is 37.6 Å². The van der Waals surface area contributed by atoms with Crippen LogP contribution in [0.15, 0.2) is 12.1 Å². The smallest absolute Gasteiger partial charge is 0.217 e. The Balaban J connectivity index is 2.22. The molecule has 0 aromatic heterocycles. The summed E-state index contributed by atoms with van der Waals surface area (Å²) in [5, 5.41) is 0. The van der Waals surface area contributed by atoms with Gasteiger partial charge < -0.3 is 5.73 Å². The van der Waals surface area contributed by atoms with Crippen molar-refractivity contribution in [3.63, 3.8) is 0 Å². The molecule has 0 bridgehead atoms. The standard InChI is InChI=1S/C13H16F2N2O3S/c14-10-6-9(13(3-4-13)2-1-12(16)18)11(15)5-8(10)7-17-21(19)20/h5-6,21H,1-4,7H2,(H2,16,18)(H,17,19,20). The number of nitrogens with one attached hydrogen (secondary N) is 1. The molecule has 0 heterocycles. The van der Waals surface area contributed by atoms with Gasteiger partial charge in [-0.15, -0.1) is 0 Å². The second kappa shape index (κ2) is 6.07. The molecule has 5 nitrogen and oxygen atoms in total. The molecule has 0 spiro atoms. The van der Waals surface area contributed by atoms with E-state index in [9.17, 15) is 22.0 Å². The van der Waals surface area contributed by atoms with E-state index >= 15 is 0 Å². The summed E-state index contributed by atoms with van der Waals surface area (Å²) in [4.78, 5) is 10.8. The van der Waals surface area contributed by atoms with E-state index in [1.165, 1.54) is 0 Å². The fourth-order valence-corrected chi connectivity index (χ4v) is 2.75. The molecule has 1 aromatic carbocycles. The average molecular weight is 318 g/mol. The van der Waals surface area contributed by atoms with Crippen molar-refractivity contribution in [3.05, 3.63) is 34.9 Å². The zero-order valence-corrected chi connectivity index (χ0v) is 12.1. The number of hydrogen-bond donors (Lipinski definition) is 3. The SMILES string of the molecule is NC(=O)CCC1(c2cc(F)c(CN[SH](=O)=O)cc2F)CC1. The maximum atomic E-state index is 14.2. The predicted octanol–water partition coefficient (Wildman–Crippen LogP) is 0.878. The minimum Gasteiger partial charge on any atom is -0.370 e. The highest BCUT2D eigenvalue weighted by Gasteiger charge is 2.46. The third-order valence-corrected chi connectivity index (χ3v) is 4.23. The second-order valence-corrected chi connectivity index (χ2v) is 6.09. The molecule has 8 heteroatoms. The van der Waals surface area contributed by atoms with Gasteiger partial charge in [-0.1, -0.05) is 0 Å². The number of halogens is 2. The van der Waals surface area contributed by atoms with Crippen LogP contribution in [0, 0.1) is 11.6 Å². The van der Waals surface area contributed by atoms with Crippen molar-refractivity contribution < 1.29 is 22.0 Å². The number of nitrogens with two attached hydrogens (primary N) is 1. The van der Waals surface area contributed by atoms with E-state index in [-0.39, 0.29) is 24.1 Å². The van der Waals surface area contributed by atoms with Crippen LogP contribution in [-0.2, 0) is 27.6 Å². The molecular weight excluding hydrogens is 302 g/mol. The van der Waals surface area contributed by atoms with E-state index in [0.29, 0.717) is 19.3 Å². The summed E-state index contributed by atoms with van der Waals surface area (Å²) < 4.78 is 51.0. The Hall–Kier alpha value is -1.54. The van der Waals surface area contributed by atoms with E-state index in [1.54, 1.807) is 0 Å². The van der Waals surface area contributed by atoms with E-state index in [4.69, 9.17) is 5.73 Å².